The zero-order valence-corrected chi connectivity index (χ0v) is 18.2. The molecule has 0 atom stereocenters. The van der Waals surface area contributed by atoms with Crippen molar-refractivity contribution >= 4 is 15.9 Å². The van der Waals surface area contributed by atoms with Gasteiger partial charge in [-0.3, -0.25) is 0 Å². The zero-order chi connectivity index (χ0) is 17.8. The number of rotatable bonds is 4. The van der Waals surface area contributed by atoms with Gasteiger partial charge < -0.3 is 9.97 Å². The van der Waals surface area contributed by atoms with E-state index in [-0.39, 0.29) is 20.1 Å². The molecule has 0 aliphatic carbocycles. The summed E-state index contributed by atoms with van der Waals surface area (Å²) < 4.78 is 1.01. The molecule has 0 bridgehead atoms. The number of pyridine rings is 2. The predicted molar refractivity (Wildman–Crippen MR) is 107 cm³/mol. The minimum absolute atomic E-state index is 0. The number of aromatic nitrogens is 2. The van der Waals surface area contributed by atoms with E-state index in [2.05, 4.69) is 28.1 Å². The van der Waals surface area contributed by atoms with Crippen molar-refractivity contribution in [2.45, 2.75) is 0 Å². The van der Waals surface area contributed by atoms with E-state index in [0.717, 1.165) is 38.4 Å². The van der Waals surface area contributed by atoms with Crippen LogP contribution in [0.1, 0.15) is 11.4 Å². The maximum atomic E-state index is 4.73. The third-order valence-corrected chi connectivity index (χ3v) is 4.35. The van der Waals surface area contributed by atoms with Gasteiger partial charge in [-0.05, 0) is 23.5 Å². The molecule has 4 aromatic rings. The largest absolute Gasteiger partial charge is 0.301 e. The first kappa shape index (κ1) is 19.6. The summed E-state index contributed by atoms with van der Waals surface area (Å²) in [5, 5.41) is 0. The molecular formula is C23H14BrIrN2-2. The molecule has 2 radical (unpaired) electrons. The normalized spacial score (nSPS) is 10.3. The molecule has 0 fully saturated rings. The van der Waals surface area contributed by atoms with E-state index in [1.807, 2.05) is 85.3 Å². The number of hydrogen-bond donors (Lipinski definition) is 0. The second-order valence-corrected chi connectivity index (χ2v) is 6.65. The monoisotopic (exact) mass is 590 g/mol. The van der Waals surface area contributed by atoms with Crippen LogP contribution in [0.5, 0.6) is 0 Å². The second kappa shape index (κ2) is 9.18. The van der Waals surface area contributed by atoms with E-state index in [0.29, 0.717) is 0 Å². The van der Waals surface area contributed by atoms with Crippen LogP contribution in [0.4, 0.5) is 0 Å². The summed E-state index contributed by atoms with van der Waals surface area (Å²) in [6.45, 7) is 0. The topological polar surface area (TPSA) is 25.8 Å². The van der Waals surface area contributed by atoms with E-state index >= 15 is 0 Å². The minimum Gasteiger partial charge on any atom is -0.301 e. The van der Waals surface area contributed by atoms with Gasteiger partial charge >= 0.3 is 0 Å². The van der Waals surface area contributed by atoms with Crippen molar-refractivity contribution in [2.75, 3.05) is 0 Å². The number of halogens is 1. The smallest absolute Gasteiger partial charge is 0.0556 e. The molecule has 0 aliphatic heterocycles. The van der Waals surface area contributed by atoms with Crippen molar-refractivity contribution in [3.63, 3.8) is 0 Å². The van der Waals surface area contributed by atoms with Crippen molar-refractivity contribution in [1.29, 1.82) is 0 Å². The van der Waals surface area contributed by atoms with Gasteiger partial charge in [-0.15, -0.1) is 65.7 Å². The number of nitrogens with zero attached hydrogens (tertiary/aromatic N) is 2. The summed E-state index contributed by atoms with van der Waals surface area (Å²) in [5.74, 6) is 0. The maximum absolute atomic E-state index is 4.73. The maximum Gasteiger partial charge on any atom is 0.0556 e. The van der Waals surface area contributed by atoms with Gasteiger partial charge in [0, 0.05) is 31.5 Å². The van der Waals surface area contributed by atoms with Crippen LogP contribution in [0.2, 0.25) is 0 Å². The standard InChI is InChI=1S/C23H14BrN2.Ir/c24-19-10-4-9-18(15-19)23-14-6-12-21(26-23)16-20-11-5-13-22(25-20)17-7-2-1-3-8-17;/h1-7,10-16H;/q-2;. The van der Waals surface area contributed by atoms with Crippen molar-refractivity contribution in [3.8, 4) is 22.5 Å². The molecule has 2 heterocycles. The average Bonchev–Trinajstić information content (AvgIpc) is 2.69. The third kappa shape index (κ3) is 4.98. The Morgan fingerprint density at radius 1 is 0.704 bits per heavy atom. The summed E-state index contributed by atoms with van der Waals surface area (Å²) >= 11 is 3.49. The van der Waals surface area contributed by atoms with Crippen LogP contribution >= 0.6 is 15.9 Å². The van der Waals surface area contributed by atoms with Crippen LogP contribution in [0.3, 0.4) is 0 Å². The predicted octanol–water partition coefficient (Wildman–Crippen LogP) is 5.77. The van der Waals surface area contributed by atoms with Crippen molar-refractivity contribution in [2.24, 2.45) is 0 Å². The first-order chi connectivity index (χ1) is 12.8. The molecule has 4 rings (SSSR count). The molecule has 27 heavy (non-hydrogen) atoms. The Balaban J connectivity index is 0.00000210. The molecule has 0 saturated heterocycles. The van der Waals surface area contributed by atoms with Crippen LogP contribution in [0.25, 0.3) is 22.5 Å². The molecule has 0 saturated carbocycles. The van der Waals surface area contributed by atoms with Crippen LogP contribution in [-0.2, 0) is 20.1 Å². The Morgan fingerprint density at radius 2 is 1.37 bits per heavy atom. The Morgan fingerprint density at radius 3 is 2.00 bits per heavy atom. The summed E-state index contributed by atoms with van der Waals surface area (Å²) in [6, 6.07) is 32.1. The molecule has 134 valence electrons. The quantitative estimate of drug-likeness (QED) is 0.282. The van der Waals surface area contributed by atoms with Crippen LogP contribution in [0, 0.1) is 18.6 Å². The van der Waals surface area contributed by atoms with Gasteiger partial charge in [0.25, 0.3) is 0 Å². The van der Waals surface area contributed by atoms with E-state index in [4.69, 9.17) is 9.97 Å². The Kier molecular flexibility index (Phi) is 6.68. The second-order valence-electron chi connectivity index (χ2n) is 5.74. The van der Waals surface area contributed by atoms with Gasteiger partial charge in [-0.1, -0.05) is 44.7 Å². The van der Waals surface area contributed by atoms with E-state index in [9.17, 15) is 0 Å². The van der Waals surface area contributed by atoms with Crippen LogP contribution < -0.4 is 0 Å². The molecule has 2 nitrogen and oxygen atoms in total. The zero-order valence-electron chi connectivity index (χ0n) is 14.2. The Hall–Kier alpha value is -2.13. The van der Waals surface area contributed by atoms with Gasteiger partial charge in [0.05, 0.1) is 6.42 Å². The minimum atomic E-state index is 0. The SMILES string of the molecule is Brc1cc[c-]c(-c2cccc([CH]c3cccc(-c4[c-]cccc4)n3)n2)c1.[Ir]. The summed E-state index contributed by atoms with van der Waals surface area (Å²) in [4.78, 5) is 9.44. The molecule has 0 N–H and O–H groups in total. The summed E-state index contributed by atoms with van der Waals surface area (Å²) in [5.41, 5.74) is 5.44. The number of hydrogen-bond acceptors (Lipinski definition) is 2. The first-order valence-corrected chi connectivity index (χ1v) is 9.01. The van der Waals surface area contributed by atoms with Gasteiger partial charge in [0.2, 0.25) is 0 Å². The van der Waals surface area contributed by atoms with E-state index in [1.165, 1.54) is 0 Å². The Bertz CT molecular complexity index is 1030. The molecular weight excluding hydrogens is 576 g/mol. The average molecular weight is 591 g/mol. The van der Waals surface area contributed by atoms with Crippen LogP contribution in [-0.4, -0.2) is 9.97 Å². The molecule has 0 unspecified atom stereocenters. The van der Waals surface area contributed by atoms with Crippen LogP contribution in [0.15, 0.2) is 83.3 Å². The van der Waals surface area contributed by atoms with Crippen molar-refractivity contribution in [3.05, 3.63) is 113 Å². The first-order valence-electron chi connectivity index (χ1n) is 8.21. The van der Waals surface area contributed by atoms with Gasteiger partial charge in [-0.25, -0.2) is 0 Å². The van der Waals surface area contributed by atoms with Crippen molar-refractivity contribution < 1.29 is 20.1 Å². The molecule has 0 amide bonds. The van der Waals surface area contributed by atoms with E-state index < -0.39 is 0 Å². The summed E-state index contributed by atoms with van der Waals surface area (Å²) in [6.07, 6.45) is 1.98. The van der Waals surface area contributed by atoms with Gasteiger partial charge in [0.15, 0.2) is 0 Å². The summed E-state index contributed by atoms with van der Waals surface area (Å²) in [7, 11) is 0. The van der Waals surface area contributed by atoms with E-state index in [1.54, 1.807) is 0 Å². The third-order valence-electron chi connectivity index (χ3n) is 3.86. The number of benzene rings is 2. The molecule has 4 heteroatoms. The van der Waals surface area contributed by atoms with Crippen molar-refractivity contribution in [1.82, 2.24) is 9.97 Å². The fourth-order valence-corrected chi connectivity index (χ4v) is 3.02. The Labute approximate surface area is 181 Å². The molecule has 0 aliphatic rings. The molecule has 0 spiro atoms. The van der Waals surface area contributed by atoms with Gasteiger partial charge in [0.1, 0.15) is 0 Å². The molecule has 2 aromatic carbocycles. The van der Waals surface area contributed by atoms with Gasteiger partial charge in [-0.2, -0.15) is 0 Å². The molecule has 2 aromatic heterocycles. The fraction of sp³-hybridized carbons (Fsp3) is 0. The fourth-order valence-electron chi connectivity index (χ4n) is 2.65.